The smallest absolute Gasteiger partial charge is 0.306 e. The van der Waals surface area contributed by atoms with Gasteiger partial charge in [0.15, 0.2) is 5.82 Å². The second-order valence-electron chi connectivity index (χ2n) is 4.09. The molecule has 0 radical (unpaired) electrons. The summed E-state index contributed by atoms with van der Waals surface area (Å²) in [6.07, 6.45) is 1.03. The average Bonchev–Trinajstić information content (AvgIpc) is 2.50. The van der Waals surface area contributed by atoms with E-state index in [9.17, 15) is 4.79 Å². The molecule has 15 heavy (non-hydrogen) atoms. The molecule has 0 saturated carbocycles. The van der Waals surface area contributed by atoms with Crippen molar-refractivity contribution in [1.29, 1.82) is 0 Å². The fourth-order valence-corrected chi connectivity index (χ4v) is 1.48. The molecule has 0 aliphatic rings. The third-order valence-corrected chi connectivity index (χ3v) is 2.24. The van der Waals surface area contributed by atoms with Crippen LogP contribution in [0.25, 0.3) is 0 Å². The van der Waals surface area contributed by atoms with Gasteiger partial charge in [0.05, 0.1) is 5.92 Å². The number of carboxylic acids is 1. The fraction of sp³-hybridized carbons (Fsp3) is 0.778. The number of hydrogen-bond acceptors (Lipinski definition) is 4. The zero-order valence-corrected chi connectivity index (χ0v) is 9.21. The first-order valence-electron chi connectivity index (χ1n) is 4.94. The molecule has 1 rings (SSSR count). The van der Waals surface area contributed by atoms with Crippen LogP contribution in [0.3, 0.4) is 0 Å². The SMILES string of the molecule is CC(C)C[C@H](Cc1nnnn1C)C(=O)O. The minimum absolute atomic E-state index is 0.354. The molecule has 0 spiro atoms. The van der Waals surface area contributed by atoms with Crippen molar-refractivity contribution in [3.05, 3.63) is 5.82 Å². The first-order chi connectivity index (χ1) is 7.00. The molecular formula is C9H16N4O2. The number of nitrogens with zero attached hydrogens (tertiary/aromatic N) is 4. The summed E-state index contributed by atoms with van der Waals surface area (Å²) in [7, 11) is 1.71. The first kappa shape index (κ1) is 11.6. The van der Waals surface area contributed by atoms with Crippen LogP contribution in [0.2, 0.25) is 0 Å². The molecule has 0 bridgehead atoms. The van der Waals surface area contributed by atoms with E-state index in [1.807, 2.05) is 13.8 Å². The minimum Gasteiger partial charge on any atom is -0.481 e. The van der Waals surface area contributed by atoms with Gasteiger partial charge in [0.2, 0.25) is 0 Å². The van der Waals surface area contributed by atoms with Crippen molar-refractivity contribution < 1.29 is 9.90 Å². The highest BCUT2D eigenvalue weighted by molar-refractivity contribution is 5.70. The molecule has 0 amide bonds. The number of carbonyl (C=O) groups is 1. The average molecular weight is 212 g/mol. The van der Waals surface area contributed by atoms with Crippen molar-refractivity contribution >= 4 is 5.97 Å². The second-order valence-corrected chi connectivity index (χ2v) is 4.09. The van der Waals surface area contributed by atoms with Crippen LogP contribution in [0, 0.1) is 11.8 Å². The minimum atomic E-state index is -0.785. The van der Waals surface area contributed by atoms with E-state index in [1.165, 1.54) is 4.68 Å². The van der Waals surface area contributed by atoms with Crippen molar-refractivity contribution in [3.8, 4) is 0 Å². The van der Waals surface area contributed by atoms with Gasteiger partial charge in [-0.25, -0.2) is 4.68 Å². The Kier molecular flexibility index (Phi) is 3.76. The van der Waals surface area contributed by atoms with E-state index in [1.54, 1.807) is 7.05 Å². The maximum atomic E-state index is 11.0. The topological polar surface area (TPSA) is 80.9 Å². The summed E-state index contributed by atoms with van der Waals surface area (Å²) in [5.74, 6) is -0.225. The van der Waals surface area contributed by atoms with Crippen molar-refractivity contribution in [2.45, 2.75) is 26.7 Å². The van der Waals surface area contributed by atoms with Gasteiger partial charge in [-0.05, 0) is 22.8 Å². The van der Waals surface area contributed by atoms with E-state index in [2.05, 4.69) is 15.5 Å². The van der Waals surface area contributed by atoms with Crippen molar-refractivity contribution in [2.75, 3.05) is 0 Å². The van der Waals surface area contributed by atoms with Gasteiger partial charge in [0.1, 0.15) is 0 Å². The predicted molar refractivity (Wildman–Crippen MR) is 53.1 cm³/mol. The van der Waals surface area contributed by atoms with Crippen LogP contribution in [0.15, 0.2) is 0 Å². The lowest BCUT2D eigenvalue weighted by atomic mass is 9.94. The van der Waals surface area contributed by atoms with Crippen LogP contribution in [0.5, 0.6) is 0 Å². The highest BCUT2D eigenvalue weighted by Gasteiger charge is 2.21. The Labute approximate surface area is 88.3 Å². The monoisotopic (exact) mass is 212 g/mol. The molecule has 1 N–H and O–H groups in total. The number of aliphatic carboxylic acids is 1. The Morgan fingerprint density at radius 1 is 1.53 bits per heavy atom. The number of aromatic nitrogens is 4. The molecule has 6 heteroatoms. The van der Waals surface area contributed by atoms with Crippen LogP contribution in [-0.2, 0) is 18.3 Å². The van der Waals surface area contributed by atoms with E-state index >= 15 is 0 Å². The Morgan fingerprint density at radius 2 is 2.20 bits per heavy atom. The van der Waals surface area contributed by atoms with Crippen LogP contribution in [0.4, 0.5) is 0 Å². The van der Waals surface area contributed by atoms with Crippen LogP contribution in [-0.4, -0.2) is 31.3 Å². The quantitative estimate of drug-likeness (QED) is 0.768. The van der Waals surface area contributed by atoms with Crippen LogP contribution >= 0.6 is 0 Å². The molecular weight excluding hydrogens is 196 g/mol. The maximum Gasteiger partial charge on any atom is 0.306 e. The molecule has 0 aliphatic carbocycles. The van der Waals surface area contributed by atoms with E-state index in [0.717, 1.165) is 0 Å². The molecule has 1 heterocycles. The molecule has 6 nitrogen and oxygen atoms in total. The maximum absolute atomic E-state index is 11.0. The largest absolute Gasteiger partial charge is 0.481 e. The zero-order chi connectivity index (χ0) is 11.4. The van der Waals surface area contributed by atoms with Crippen molar-refractivity contribution in [3.63, 3.8) is 0 Å². The van der Waals surface area contributed by atoms with Gasteiger partial charge in [-0.15, -0.1) is 5.10 Å². The van der Waals surface area contributed by atoms with Crippen molar-refractivity contribution in [2.24, 2.45) is 18.9 Å². The molecule has 0 unspecified atom stereocenters. The summed E-state index contributed by atoms with van der Waals surface area (Å²) in [5, 5.41) is 20.0. The molecule has 1 atom stereocenters. The third-order valence-electron chi connectivity index (χ3n) is 2.24. The molecule has 0 saturated heterocycles. The van der Waals surface area contributed by atoms with E-state index in [-0.39, 0.29) is 0 Å². The molecule has 0 fully saturated rings. The lowest BCUT2D eigenvalue weighted by molar-refractivity contribution is -0.142. The summed E-state index contributed by atoms with van der Waals surface area (Å²) in [5.41, 5.74) is 0. The van der Waals surface area contributed by atoms with Gasteiger partial charge >= 0.3 is 5.97 Å². The summed E-state index contributed by atoms with van der Waals surface area (Å²) < 4.78 is 1.51. The van der Waals surface area contributed by atoms with E-state index in [4.69, 9.17) is 5.11 Å². The predicted octanol–water partition coefficient (Wildman–Crippen LogP) is 0.499. The first-order valence-corrected chi connectivity index (χ1v) is 4.94. The van der Waals surface area contributed by atoms with Gasteiger partial charge in [-0.3, -0.25) is 4.79 Å². The number of aryl methyl sites for hydroxylation is 1. The van der Waals surface area contributed by atoms with Gasteiger partial charge < -0.3 is 5.11 Å². The van der Waals surface area contributed by atoms with Gasteiger partial charge in [0.25, 0.3) is 0 Å². The van der Waals surface area contributed by atoms with Crippen LogP contribution < -0.4 is 0 Å². The van der Waals surface area contributed by atoms with Gasteiger partial charge in [-0.2, -0.15) is 0 Å². The van der Waals surface area contributed by atoms with E-state index < -0.39 is 11.9 Å². The fourth-order valence-electron chi connectivity index (χ4n) is 1.48. The number of hydrogen-bond donors (Lipinski definition) is 1. The normalized spacial score (nSPS) is 13.1. The molecule has 0 aromatic carbocycles. The Hall–Kier alpha value is -1.46. The van der Waals surface area contributed by atoms with E-state index in [0.29, 0.717) is 24.6 Å². The standard InChI is InChI=1S/C9H16N4O2/c1-6(2)4-7(9(14)15)5-8-10-11-12-13(8)3/h6-7H,4-5H2,1-3H3,(H,14,15)/t7-/m1/s1. The third kappa shape index (κ3) is 3.30. The molecule has 1 aromatic rings. The lowest BCUT2D eigenvalue weighted by Crippen LogP contribution is -2.20. The molecule has 1 aromatic heterocycles. The zero-order valence-electron chi connectivity index (χ0n) is 9.21. The second kappa shape index (κ2) is 4.86. The molecule has 0 aliphatic heterocycles. The highest BCUT2D eigenvalue weighted by atomic mass is 16.4. The number of carboxylic acid groups (broad SMARTS) is 1. The Balaban J connectivity index is 2.67. The number of tetrazole rings is 1. The highest BCUT2D eigenvalue weighted by Crippen LogP contribution is 2.15. The van der Waals surface area contributed by atoms with Gasteiger partial charge in [0, 0.05) is 13.5 Å². The summed E-state index contributed by atoms with van der Waals surface area (Å²) in [6.45, 7) is 4.01. The summed E-state index contributed by atoms with van der Waals surface area (Å²) in [4.78, 5) is 11.0. The summed E-state index contributed by atoms with van der Waals surface area (Å²) in [6, 6.07) is 0. The van der Waals surface area contributed by atoms with Gasteiger partial charge in [-0.1, -0.05) is 13.8 Å². The Morgan fingerprint density at radius 3 is 2.60 bits per heavy atom. The number of rotatable bonds is 5. The Bertz CT molecular complexity index is 335. The lowest BCUT2D eigenvalue weighted by Gasteiger charge is -2.13. The van der Waals surface area contributed by atoms with Crippen LogP contribution in [0.1, 0.15) is 26.1 Å². The van der Waals surface area contributed by atoms with Crippen molar-refractivity contribution in [1.82, 2.24) is 20.2 Å². The molecule has 84 valence electrons. The summed E-state index contributed by atoms with van der Waals surface area (Å²) >= 11 is 0.